The highest BCUT2D eigenvalue weighted by molar-refractivity contribution is 9.25. The van der Waals surface area contributed by atoms with Gasteiger partial charge in [-0.15, -0.1) is 0 Å². The first kappa shape index (κ1) is 18.2. The van der Waals surface area contributed by atoms with Crippen molar-refractivity contribution < 1.29 is 13.2 Å². The highest BCUT2D eigenvalue weighted by Gasteiger charge is 2.34. The number of benzene rings is 1. The van der Waals surface area contributed by atoms with Crippen molar-refractivity contribution in [1.29, 1.82) is 0 Å². The van der Waals surface area contributed by atoms with Crippen molar-refractivity contribution in [3.8, 4) is 5.69 Å². The molecule has 9 heteroatoms. The van der Waals surface area contributed by atoms with Gasteiger partial charge in [-0.1, -0.05) is 31.9 Å². The maximum atomic E-state index is 13.1. The molecule has 0 radical (unpaired) electrons. The maximum Gasteiger partial charge on any atom is 0.433 e. The van der Waals surface area contributed by atoms with Gasteiger partial charge in [0.05, 0.1) is 5.69 Å². The number of halogens is 6. The van der Waals surface area contributed by atoms with Crippen LogP contribution in [0.1, 0.15) is 17.0 Å². The maximum absolute atomic E-state index is 13.1. The van der Waals surface area contributed by atoms with Gasteiger partial charge in [0.15, 0.2) is 0 Å². The molecule has 1 aliphatic rings. The summed E-state index contributed by atoms with van der Waals surface area (Å²) in [6.07, 6.45) is -2.78. The molecule has 3 aromatic rings. The number of hydrogen-bond acceptors (Lipinski definition) is 2. The summed E-state index contributed by atoms with van der Waals surface area (Å²) >= 11 is 10.6. The van der Waals surface area contributed by atoms with Gasteiger partial charge < -0.3 is 0 Å². The first-order valence-corrected chi connectivity index (χ1v) is 9.80. The molecule has 1 aromatic carbocycles. The van der Waals surface area contributed by atoms with E-state index in [1.54, 1.807) is 10.8 Å². The SMILES string of the molecule is Cc1c(Br)c2ccc(C(F)(F)F)nc2n1-c1ccc2c(c1)C(Br)(Br)C=N2. The van der Waals surface area contributed by atoms with Crippen molar-refractivity contribution in [2.24, 2.45) is 4.99 Å². The highest BCUT2D eigenvalue weighted by Crippen LogP contribution is 2.47. The normalized spacial score (nSPS) is 15.7. The molecule has 3 heterocycles. The fourth-order valence-electron chi connectivity index (χ4n) is 2.98. The minimum Gasteiger partial charge on any atom is -0.297 e. The van der Waals surface area contributed by atoms with Gasteiger partial charge in [-0.2, -0.15) is 13.2 Å². The Morgan fingerprint density at radius 1 is 1.12 bits per heavy atom. The fraction of sp³-hybridized carbons (Fsp3) is 0.176. The van der Waals surface area contributed by atoms with Crippen LogP contribution in [0.15, 0.2) is 39.8 Å². The van der Waals surface area contributed by atoms with Gasteiger partial charge in [-0.25, -0.2) is 4.98 Å². The van der Waals surface area contributed by atoms with Gasteiger partial charge in [-0.3, -0.25) is 9.56 Å². The van der Waals surface area contributed by atoms with Crippen molar-refractivity contribution in [3.63, 3.8) is 0 Å². The van der Waals surface area contributed by atoms with E-state index in [0.717, 1.165) is 27.5 Å². The molecule has 1 aliphatic heterocycles. The third-order valence-electron chi connectivity index (χ3n) is 4.23. The average Bonchev–Trinajstić information content (AvgIpc) is 3.01. The Labute approximate surface area is 171 Å². The molecule has 0 fully saturated rings. The lowest BCUT2D eigenvalue weighted by molar-refractivity contribution is -0.141. The summed E-state index contributed by atoms with van der Waals surface area (Å²) in [6.45, 7) is 1.83. The smallest absolute Gasteiger partial charge is 0.297 e. The number of rotatable bonds is 1. The zero-order chi connectivity index (χ0) is 18.9. The van der Waals surface area contributed by atoms with E-state index in [-0.39, 0.29) is 5.65 Å². The molecule has 4 rings (SSSR count). The molecule has 0 spiro atoms. The predicted molar refractivity (Wildman–Crippen MR) is 106 cm³/mol. The minimum absolute atomic E-state index is 0.248. The van der Waals surface area contributed by atoms with E-state index < -0.39 is 15.1 Å². The Morgan fingerprint density at radius 2 is 1.85 bits per heavy atom. The molecule has 26 heavy (non-hydrogen) atoms. The summed E-state index contributed by atoms with van der Waals surface area (Å²) in [7, 11) is 0. The van der Waals surface area contributed by atoms with Crippen molar-refractivity contribution in [3.05, 3.63) is 51.8 Å². The summed E-state index contributed by atoms with van der Waals surface area (Å²) < 4.78 is 41.2. The predicted octanol–water partition coefficient (Wildman–Crippen LogP) is 6.77. The van der Waals surface area contributed by atoms with Crippen molar-refractivity contribution >= 4 is 70.7 Å². The van der Waals surface area contributed by atoms with Crippen molar-refractivity contribution in [2.45, 2.75) is 16.3 Å². The van der Waals surface area contributed by atoms with Crippen LogP contribution in [-0.2, 0) is 9.41 Å². The largest absolute Gasteiger partial charge is 0.433 e. The van der Waals surface area contributed by atoms with E-state index in [2.05, 4.69) is 57.8 Å². The zero-order valence-corrected chi connectivity index (χ0v) is 17.8. The fourth-order valence-corrected chi connectivity index (χ4v) is 4.31. The van der Waals surface area contributed by atoms with E-state index in [1.807, 2.05) is 25.1 Å². The van der Waals surface area contributed by atoms with Gasteiger partial charge in [0.2, 0.25) is 0 Å². The van der Waals surface area contributed by atoms with Gasteiger partial charge in [0.1, 0.15) is 14.6 Å². The lowest BCUT2D eigenvalue weighted by Crippen LogP contribution is -2.09. The number of hydrogen-bond donors (Lipinski definition) is 0. The second kappa shape index (κ2) is 5.90. The van der Waals surface area contributed by atoms with Gasteiger partial charge in [-0.05, 0) is 53.2 Å². The molecule has 3 nitrogen and oxygen atoms in total. The lowest BCUT2D eigenvalue weighted by atomic mass is 10.1. The quantitative estimate of drug-likeness (QED) is 0.307. The number of nitrogens with zero attached hydrogens (tertiary/aromatic N) is 3. The first-order chi connectivity index (χ1) is 12.1. The zero-order valence-electron chi connectivity index (χ0n) is 13.1. The summed E-state index contributed by atoms with van der Waals surface area (Å²) in [5, 5.41) is 0.621. The van der Waals surface area contributed by atoms with Gasteiger partial charge in [0, 0.05) is 33.0 Å². The van der Waals surface area contributed by atoms with E-state index in [4.69, 9.17) is 0 Å². The number of fused-ring (bicyclic) bond motifs is 2. The van der Waals surface area contributed by atoms with E-state index in [9.17, 15) is 13.2 Å². The molecule has 0 unspecified atom stereocenters. The molecular formula is C17H9Br3F3N3. The number of aliphatic imine (C=N–C) groups is 1. The summed E-state index contributed by atoms with van der Waals surface area (Å²) in [4.78, 5) is 8.21. The average molecular weight is 552 g/mol. The van der Waals surface area contributed by atoms with Crippen LogP contribution in [0.3, 0.4) is 0 Å². The third-order valence-corrected chi connectivity index (χ3v) is 6.49. The molecule has 0 atom stereocenters. The van der Waals surface area contributed by atoms with E-state index >= 15 is 0 Å². The molecule has 0 N–H and O–H groups in total. The Balaban J connectivity index is 1.99. The number of alkyl halides is 5. The second-order valence-corrected chi connectivity index (χ2v) is 10.2. The minimum atomic E-state index is -4.50. The highest BCUT2D eigenvalue weighted by atomic mass is 79.9. The standard InChI is InChI=1S/C17H9Br3F3N3/c1-8-14(18)10-3-5-13(17(21,22)23)25-15(10)26(8)9-2-4-12-11(6-9)16(19,20)7-24-12/h2-7H,1H3. The first-order valence-electron chi connectivity index (χ1n) is 7.42. The van der Waals surface area contributed by atoms with Gasteiger partial charge in [0.25, 0.3) is 0 Å². The Bertz CT molecular complexity index is 1080. The summed E-state index contributed by atoms with van der Waals surface area (Å²) in [6, 6.07) is 7.97. The molecule has 0 saturated carbocycles. The number of aromatic nitrogens is 2. The van der Waals surface area contributed by atoms with Crippen LogP contribution in [0, 0.1) is 6.92 Å². The summed E-state index contributed by atoms with van der Waals surface area (Å²) in [5.74, 6) is 0. The molecular weight excluding hydrogens is 543 g/mol. The summed E-state index contributed by atoms with van der Waals surface area (Å²) in [5.41, 5.74) is 2.46. The second-order valence-electron chi connectivity index (χ2n) is 5.88. The van der Waals surface area contributed by atoms with Crippen molar-refractivity contribution in [2.75, 3.05) is 0 Å². The van der Waals surface area contributed by atoms with Crippen LogP contribution >= 0.6 is 47.8 Å². The van der Waals surface area contributed by atoms with E-state index in [0.29, 0.717) is 11.1 Å². The molecule has 2 aromatic heterocycles. The van der Waals surface area contributed by atoms with E-state index in [1.165, 1.54) is 6.07 Å². The van der Waals surface area contributed by atoms with Crippen LogP contribution < -0.4 is 0 Å². The molecule has 0 amide bonds. The molecule has 0 bridgehead atoms. The Hall–Kier alpha value is -1.19. The lowest BCUT2D eigenvalue weighted by Gasteiger charge is -2.15. The van der Waals surface area contributed by atoms with Crippen LogP contribution in [0.2, 0.25) is 0 Å². The van der Waals surface area contributed by atoms with Gasteiger partial charge >= 0.3 is 6.18 Å². The Morgan fingerprint density at radius 3 is 2.54 bits per heavy atom. The monoisotopic (exact) mass is 549 g/mol. The number of pyridine rings is 1. The van der Waals surface area contributed by atoms with Crippen LogP contribution in [0.5, 0.6) is 0 Å². The molecule has 0 saturated heterocycles. The Kier molecular flexibility index (Phi) is 4.13. The van der Waals surface area contributed by atoms with Crippen LogP contribution in [0.25, 0.3) is 16.7 Å². The van der Waals surface area contributed by atoms with Crippen LogP contribution in [0.4, 0.5) is 18.9 Å². The molecule has 0 aliphatic carbocycles. The topological polar surface area (TPSA) is 30.2 Å². The van der Waals surface area contributed by atoms with Crippen LogP contribution in [-0.4, -0.2) is 15.8 Å². The van der Waals surface area contributed by atoms with Crippen molar-refractivity contribution in [1.82, 2.24) is 9.55 Å². The third kappa shape index (κ3) is 2.75. The molecule has 134 valence electrons.